The van der Waals surface area contributed by atoms with Gasteiger partial charge in [-0.1, -0.05) is 30.3 Å². The van der Waals surface area contributed by atoms with E-state index in [0.717, 1.165) is 39.2 Å². The molecule has 0 fully saturated rings. The van der Waals surface area contributed by atoms with E-state index in [9.17, 15) is 0 Å². The number of allylic oxidation sites excluding steroid dienone is 5. The maximum Gasteiger partial charge on any atom is 0.0569 e. The molecule has 0 saturated carbocycles. The molecule has 0 heterocycles. The van der Waals surface area contributed by atoms with Gasteiger partial charge in [-0.2, -0.15) is 0 Å². The summed E-state index contributed by atoms with van der Waals surface area (Å²) in [5.41, 5.74) is 19.0. The Hall–Kier alpha value is -2.78. The standard InChI is InChI=1S/C20H19N3.CH3Cl/c1-13-12-16(6-11-19(13)23)20(14-2-7-17(21)8-3-14)15-4-9-18(22)10-5-15;1-2/h2-12,23H,21-22H2,1H3;1H3. The van der Waals surface area contributed by atoms with Gasteiger partial charge in [0.15, 0.2) is 0 Å². The summed E-state index contributed by atoms with van der Waals surface area (Å²) >= 11 is 4.64. The van der Waals surface area contributed by atoms with Crippen molar-refractivity contribution in [3.63, 3.8) is 0 Å². The molecule has 1 aliphatic rings. The lowest BCUT2D eigenvalue weighted by Gasteiger charge is -2.16. The van der Waals surface area contributed by atoms with Crippen LogP contribution < -0.4 is 11.5 Å². The third-order valence-electron chi connectivity index (χ3n) is 3.91. The second-order valence-electron chi connectivity index (χ2n) is 5.65. The molecule has 0 aromatic heterocycles. The first-order valence-corrected chi connectivity index (χ1v) is 8.59. The Morgan fingerprint density at radius 1 is 0.800 bits per heavy atom. The Labute approximate surface area is 153 Å². The molecule has 2 aromatic carbocycles. The van der Waals surface area contributed by atoms with E-state index >= 15 is 0 Å². The van der Waals surface area contributed by atoms with Crippen LogP contribution in [0.2, 0.25) is 0 Å². The highest BCUT2D eigenvalue weighted by molar-refractivity contribution is 6.15. The molecule has 4 heteroatoms. The van der Waals surface area contributed by atoms with E-state index in [4.69, 9.17) is 16.9 Å². The number of hydrogen-bond acceptors (Lipinski definition) is 3. The zero-order valence-electron chi connectivity index (χ0n) is 14.4. The average molecular weight is 352 g/mol. The van der Waals surface area contributed by atoms with Crippen LogP contribution in [0.5, 0.6) is 0 Å². The molecule has 0 spiro atoms. The monoisotopic (exact) mass is 351 g/mol. The molecule has 0 amide bonds. The minimum atomic E-state index is 0.544. The maximum atomic E-state index is 7.88. The smallest absolute Gasteiger partial charge is 0.0569 e. The van der Waals surface area contributed by atoms with Crippen molar-refractivity contribution >= 4 is 34.3 Å². The van der Waals surface area contributed by atoms with E-state index in [1.54, 1.807) is 0 Å². The molecule has 0 unspecified atom stereocenters. The van der Waals surface area contributed by atoms with E-state index in [2.05, 4.69) is 11.6 Å². The lowest BCUT2D eigenvalue weighted by atomic mass is 9.89. The van der Waals surface area contributed by atoms with Crippen molar-refractivity contribution in [1.29, 1.82) is 5.41 Å². The molecular weight excluding hydrogens is 330 g/mol. The topological polar surface area (TPSA) is 75.9 Å². The molecule has 2 aromatic rings. The maximum absolute atomic E-state index is 7.88. The van der Waals surface area contributed by atoms with E-state index in [-0.39, 0.29) is 0 Å². The Morgan fingerprint density at radius 2 is 1.24 bits per heavy atom. The zero-order chi connectivity index (χ0) is 18.4. The number of anilines is 2. The fourth-order valence-electron chi connectivity index (χ4n) is 2.62. The largest absolute Gasteiger partial charge is 0.399 e. The fraction of sp³-hybridized carbons (Fsp3) is 0.0952. The number of nitrogen functional groups attached to an aromatic ring is 2. The van der Waals surface area contributed by atoms with Crippen molar-refractivity contribution < 1.29 is 0 Å². The number of rotatable bonds is 2. The van der Waals surface area contributed by atoms with Crippen molar-refractivity contribution in [3.8, 4) is 0 Å². The Balaban J connectivity index is 0.00000109. The number of halogens is 1. The van der Waals surface area contributed by atoms with Gasteiger partial charge >= 0.3 is 0 Å². The summed E-state index contributed by atoms with van der Waals surface area (Å²) in [4.78, 5) is 0. The summed E-state index contributed by atoms with van der Waals surface area (Å²) < 4.78 is 0. The molecule has 0 saturated heterocycles. The van der Waals surface area contributed by atoms with Crippen LogP contribution in [0.25, 0.3) is 5.57 Å². The first-order chi connectivity index (χ1) is 12.0. The number of alkyl halides is 1. The number of hydrogen-bond donors (Lipinski definition) is 3. The van der Waals surface area contributed by atoms with Gasteiger partial charge in [0, 0.05) is 17.8 Å². The van der Waals surface area contributed by atoms with Crippen LogP contribution in [-0.2, 0) is 0 Å². The number of nitrogens with one attached hydrogen (secondary N) is 1. The zero-order valence-corrected chi connectivity index (χ0v) is 15.1. The highest BCUT2D eigenvalue weighted by atomic mass is 35.5. The molecule has 25 heavy (non-hydrogen) atoms. The molecule has 0 aliphatic heterocycles. The van der Waals surface area contributed by atoms with Crippen molar-refractivity contribution in [2.24, 2.45) is 0 Å². The van der Waals surface area contributed by atoms with Crippen LogP contribution >= 0.6 is 11.6 Å². The van der Waals surface area contributed by atoms with Gasteiger partial charge in [0.1, 0.15) is 0 Å². The van der Waals surface area contributed by atoms with Crippen LogP contribution in [0.15, 0.2) is 77.9 Å². The van der Waals surface area contributed by atoms with Gasteiger partial charge in [0.05, 0.1) is 5.71 Å². The van der Waals surface area contributed by atoms with Crippen molar-refractivity contribution in [1.82, 2.24) is 0 Å². The van der Waals surface area contributed by atoms with E-state index in [1.165, 1.54) is 6.38 Å². The second kappa shape index (κ2) is 8.36. The summed E-state index contributed by atoms with van der Waals surface area (Å²) in [7, 11) is 0. The molecular formula is C21H22ClN3. The van der Waals surface area contributed by atoms with E-state index in [0.29, 0.717) is 5.71 Å². The van der Waals surface area contributed by atoms with Crippen LogP contribution in [0.1, 0.15) is 18.1 Å². The van der Waals surface area contributed by atoms with E-state index in [1.807, 2.05) is 73.7 Å². The minimum absolute atomic E-state index is 0.544. The first kappa shape index (κ1) is 18.6. The number of nitrogens with two attached hydrogens (primary N) is 2. The lowest BCUT2D eigenvalue weighted by Crippen LogP contribution is -2.01. The van der Waals surface area contributed by atoms with Crippen molar-refractivity contribution in [3.05, 3.63) is 89.0 Å². The van der Waals surface area contributed by atoms with Gasteiger partial charge in [-0.15, -0.1) is 11.6 Å². The fourth-order valence-corrected chi connectivity index (χ4v) is 2.62. The highest BCUT2D eigenvalue weighted by Crippen LogP contribution is 2.31. The van der Waals surface area contributed by atoms with Crippen LogP contribution in [0.3, 0.4) is 0 Å². The predicted octanol–water partition coefficient (Wildman–Crippen LogP) is 5.04. The Bertz CT molecular complexity index is 794. The van der Waals surface area contributed by atoms with Gasteiger partial charge in [-0.3, -0.25) is 0 Å². The lowest BCUT2D eigenvalue weighted by molar-refractivity contribution is 1.41. The predicted molar refractivity (Wildman–Crippen MR) is 110 cm³/mol. The summed E-state index contributed by atoms with van der Waals surface area (Å²) in [6.45, 7) is 1.95. The quantitative estimate of drug-likeness (QED) is 0.523. The van der Waals surface area contributed by atoms with Gasteiger partial charge in [-0.05, 0) is 71.2 Å². The van der Waals surface area contributed by atoms with E-state index < -0.39 is 0 Å². The summed E-state index contributed by atoms with van der Waals surface area (Å²) in [5, 5.41) is 7.88. The molecule has 3 rings (SSSR count). The third-order valence-corrected chi connectivity index (χ3v) is 3.91. The Kier molecular flexibility index (Phi) is 6.20. The van der Waals surface area contributed by atoms with Crippen LogP contribution in [-0.4, -0.2) is 12.1 Å². The molecule has 0 radical (unpaired) electrons. The molecule has 128 valence electrons. The SMILES string of the molecule is CC1=CC(=C(c2ccc(N)cc2)c2ccc(N)cc2)C=CC1=N.CCl. The molecule has 0 atom stereocenters. The van der Waals surface area contributed by atoms with Gasteiger partial charge in [0.25, 0.3) is 0 Å². The summed E-state index contributed by atoms with van der Waals surface area (Å²) in [5.74, 6) is 0. The average Bonchev–Trinajstić information content (AvgIpc) is 2.63. The van der Waals surface area contributed by atoms with Crippen LogP contribution in [0.4, 0.5) is 11.4 Å². The van der Waals surface area contributed by atoms with Crippen molar-refractivity contribution in [2.75, 3.05) is 17.9 Å². The van der Waals surface area contributed by atoms with Gasteiger partial charge < -0.3 is 16.9 Å². The molecule has 5 N–H and O–H groups in total. The Morgan fingerprint density at radius 3 is 1.64 bits per heavy atom. The molecule has 3 nitrogen and oxygen atoms in total. The molecule has 1 aliphatic carbocycles. The highest BCUT2D eigenvalue weighted by Gasteiger charge is 2.12. The van der Waals surface area contributed by atoms with Gasteiger partial charge in [-0.25, -0.2) is 0 Å². The summed E-state index contributed by atoms with van der Waals surface area (Å²) in [6, 6.07) is 15.7. The normalized spacial score (nSPS) is 13.0. The first-order valence-electron chi connectivity index (χ1n) is 7.84. The van der Waals surface area contributed by atoms with Crippen molar-refractivity contribution in [2.45, 2.75) is 6.92 Å². The molecule has 0 bridgehead atoms. The minimum Gasteiger partial charge on any atom is -0.399 e. The number of benzene rings is 2. The third kappa shape index (κ3) is 4.40. The van der Waals surface area contributed by atoms with Crippen LogP contribution in [0, 0.1) is 5.41 Å². The van der Waals surface area contributed by atoms with Gasteiger partial charge in [0.2, 0.25) is 0 Å². The summed E-state index contributed by atoms with van der Waals surface area (Å²) in [6.07, 6.45) is 7.33. The second-order valence-corrected chi connectivity index (χ2v) is 5.65.